The number of benzene rings is 1. The molecule has 2 aliphatic rings. The Labute approximate surface area is 124 Å². The lowest BCUT2D eigenvalue weighted by molar-refractivity contribution is -0.143. The number of hydrogen-bond donors (Lipinski definition) is 1. The second-order valence-electron chi connectivity index (χ2n) is 5.96. The smallest absolute Gasteiger partial charge is 0.324 e. The fourth-order valence-corrected chi connectivity index (χ4v) is 3.36. The first-order chi connectivity index (χ1) is 10.1. The van der Waals surface area contributed by atoms with Crippen molar-refractivity contribution < 1.29 is 14.7 Å². The summed E-state index contributed by atoms with van der Waals surface area (Å²) in [6.07, 6.45) is 2.27. The van der Waals surface area contributed by atoms with E-state index in [9.17, 15) is 9.59 Å². The van der Waals surface area contributed by atoms with Crippen LogP contribution in [0, 0.1) is 5.92 Å². The first-order valence-corrected chi connectivity index (χ1v) is 7.47. The molecule has 1 aromatic carbocycles. The highest BCUT2D eigenvalue weighted by atomic mass is 16.4. The maximum absolute atomic E-state index is 12.8. The van der Waals surface area contributed by atoms with Crippen LogP contribution in [0.4, 0.5) is 10.5 Å². The zero-order valence-corrected chi connectivity index (χ0v) is 12.2. The number of carboxylic acids is 1. The quantitative estimate of drug-likeness (QED) is 0.863. The summed E-state index contributed by atoms with van der Waals surface area (Å²) in [6.45, 7) is 3.00. The van der Waals surface area contributed by atoms with Gasteiger partial charge in [-0.15, -0.1) is 0 Å². The molecule has 1 fully saturated rings. The Bertz CT molecular complexity index is 572. The van der Waals surface area contributed by atoms with E-state index in [4.69, 9.17) is 5.11 Å². The maximum Gasteiger partial charge on any atom is 0.324 e. The van der Waals surface area contributed by atoms with Gasteiger partial charge >= 0.3 is 12.0 Å². The van der Waals surface area contributed by atoms with Crippen LogP contribution in [0.15, 0.2) is 24.3 Å². The number of likely N-dealkylation sites (tertiary alicyclic amines) is 1. The summed E-state index contributed by atoms with van der Waals surface area (Å²) in [6, 6.07) is 8.01. The first kappa shape index (κ1) is 13.9. The number of carbonyl (C=O) groups excluding carboxylic acids is 1. The van der Waals surface area contributed by atoms with Crippen LogP contribution in [0.25, 0.3) is 0 Å². The number of piperidine rings is 1. The fourth-order valence-electron chi connectivity index (χ4n) is 3.36. The highest BCUT2D eigenvalue weighted by Crippen LogP contribution is 2.33. The van der Waals surface area contributed by atoms with Crippen molar-refractivity contribution in [3.05, 3.63) is 29.8 Å². The number of fused-ring (bicyclic) bond motifs is 1. The van der Waals surface area contributed by atoms with E-state index in [-0.39, 0.29) is 12.1 Å². The predicted octanol–water partition coefficient (Wildman–Crippen LogP) is 2.35. The third-order valence-electron chi connectivity index (χ3n) is 4.45. The topological polar surface area (TPSA) is 60.9 Å². The van der Waals surface area contributed by atoms with Crippen LogP contribution in [0.2, 0.25) is 0 Å². The Kier molecular flexibility index (Phi) is 3.57. The average Bonchev–Trinajstić information content (AvgIpc) is 2.82. The lowest BCUT2D eigenvalue weighted by Gasteiger charge is -2.35. The van der Waals surface area contributed by atoms with Gasteiger partial charge in [0.25, 0.3) is 0 Å². The van der Waals surface area contributed by atoms with Gasteiger partial charge in [-0.3, -0.25) is 9.69 Å². The molecule has 5 nitrogen and oxygen atoms in total. The van der Waals surface area contributed by atoms with Gasteiger partial charge in [-0.2, -0.15) is 0 Å². The summed E-state index contributed by atoms with van der Waals surface area (Å²) in [5, 5.41) is 9.16. The molecule has 0 saturated carbocycles. The lowest BCUT2D eigenvalue weighted by atomic mass is 9.98. The molecule has 2 atom stereocenters. The number of carboxylic acid groups (broad SMARTS) is 1. The van der Waals surface area contributed by atoms with Crippen molar-refractivity contribution in [1.82, 2.24) is 4.90 Å². The van der Waals surface area contributed by atoms with Crippen molar-refractivity contribution in [3.8, 4) is 0 Å². The van der Waals surface area contributed by atoms with Crippen LogP contribution in [-0.2, 0) is 11.2 Å². The molecular formula is C16H20N2O3. The number of carbonyl (C=O) groups is 2. The van der Waals surface area contributed by atoms with Crippen molar-refractivity contribution in [2.24, 2.45) is 5.92 Å². The van der Waals surface area contributed by atoms with Gasteiger partial charge in [-0.05, 0) is 37.8 Å². The van der Waals surface area contributed by atoms with E-state index in [0.29, 0.717) is 19.5 Å². The van der Waals surface area contributed by atoms with E-state index in [0.717, 1.165) is 18.5 Å². The van der Waals surface area contributed by atoms with Crippen molar-refractivity contribution in [2.75, 3.05) is 18.0 Å². The summed E-state index contributed by atoms with van der Waals surface area (Å²) >= 11 is 0. The molecule has 1 saturated heterocycles. The Morgan fingerprint density at radius 1 is 1.29 bits per heavy atom. The molecule has 21 heavy (non-hydrogen) atoms. The van der Waals surface area contributed by atoms with Gasteiger partial charge in [0.05, 0.1) is 5.92 Å². The molecule has 1 aromatic rings. The first-order valence-electron chi connectivity index (χ1n) is 7.47. The normalized spacial score (nSPS) is 24.8. The van der Waals surface area contributed by atoms with E-state index in [1.54, 1.807) is 4.90 Å². The third kappa shape index (κ3) is 2.48. The van der Waals surface area contributed by atoms with E-state index < -0.39 is 11.9 Å². The molecule has 0 aliphatic carbocycles. The molecule has 2 heterocycles. The molecule has 0 spiro atoms. The van der Waals surface area contributed by atoms with Crippen LogP contribution in [0.3, 0.4) is 0 Å². The number of urea groups is 1. The molecule has 0 bridgehead atoms. The van der Waals surface area contributed by atoms with Gasteiger partial charge in [-0.1, -0.05) is 18.2 Å². The zero-order valence-electron chi connectivity index (χ0n) is 12.2. The Balaban J connectivity index is 1.80. The fraction of sp³-hybridized carbons (Fsp3) is 0.500. The predicted molar refractivity (Wildman–Crippen MR) is 79.4 cm³/mol. The number of amides is 2. The van der Waals surface area contributed by atoms with E-state index >= 15 is 0 Å². The second kappa shape index (κ2) is 5.39. The average molecular weight is 288 g/mol. The monoisotopic (exact) mass is 288 g/mol. The van der Waals surface area contributed by atoms with Crippen LogP contribution < -0.4 is 4.90 Å². The largest absolute Gasteiger partial charge is 0.481 e. The number of anilines is 1. The Hall–Kier alpha value is -2.04. The summed E-state index contributed by atoms with van der Waals surface area (Å²) in [4.78, 5) is 27.5. The minimum absolute atomic E-state index is 0.0570. The molecule has 1 unspecified atom stereocenters. The molecular weight excluding hydrogens is 268 g/mol. The molecule has 112 valence electrons. The number of para-hydroxylation sites is 1. The molecule has 3 rings (SSSR count). The summed E-state index contributed by atoms with van der Waals surface area (Å²) in [5.74, 6) is -1.24. The van der Waals surface area contributed by atoms with Gasteiger partial charge in [0, 0.05) is 24.8 Å². The number of hydrogen-bond acceptors (Lipinski definition) is 2. The third-order valence-corrected chi connectivity index (χ3v) is 4.45. The van der Waals surface area contributed by atoms with Crippen molar-refractivity contribution >= 4 is 17.7 Å². The van der Waals surface area contributed by atoms with E-state index in [1.807, 2.05) is 30.0 Å². The highest BCUT2D eigenvalue weighted by Gasteiger charge is 2.36. The van der Waals surface area contributed by atoms with Gasteiger partial charge < -0.3 is 10.0 Å². The molecule has 2 aliphatic heterocycles. The van der Waals surface area contributed by atoms with Gasteiger partial charge in [0.1, 0.15) is 0 Å². The van der Waals surface area contributed by atoms with Gasteiger partial charge in [-0.25, -0.2) is 4.79 Å². The van der Waals surface area contributed by atoms with E-state index in [1.165, 1.54) is 5.56 Å². The minimum Gasteiger partial charge on any atom is -0.481 e. The van der Waals surface area contributed by atoms with Gasteiger partial charge in [0.15, 0.2) is 0 Å². The Morgan fingerprint density at radius 2 is 2.05 bits per heavy atom. The molecule has 2 amide bonds. The van der Waals surface area contributed by atoms with Gasteiger partial charge in [0.2, 0.25) is 0 Å². The SMILES string of the molecule is CC1Cc2ccccc2N1C(=O)N1CCC[C@@H](C(=O)O)C1. The number of rotatable bonds is 1. The molecule has 0 aromatic heterocycles. The molecule has 0 radical (unpaired) electrons. The summed E-state index contributed by atoms with van der Waals surface area (Å²) in [5.41, 5.74) is 2.15. The van der Waals surface area contributed by atoms with Crippen LogP contribution >= 0.6 is 0 Å². The van der Waals surface area contributed by atoms with Crippen molar-refractivity contribution in [2.45, 2.75) is 32.2 Å². The maximum atomic E-state index is 12.8. The standard InChI is InChI=1S/C16H20N2O3/c1-11-9-12-5-2-3-7-14(12)18(11)16(21)17-8-4-6-13(10-17)15(19)20/h2-3,5,7,11,13H,4,6,8-10H2,1H3,(H,19,20)/t11?,13-/m1/s1. The Morgan fingerprint density at radius 3 is 2.81 bits per heavy atom. The summed E-state index contributed by atoms with van der Waals surface area (Å²) < 4.78 is 0. The van der Waals surface area contributed by atoms with Crippen LogP contribution in [0.1, 0.15) is 25.3 Å². The van der Waals surface area contributed by atoms with E-state index in [2.05, 4.69) is 6.07 Å². The molecule has 5 heteroatoms. The van der Waals surface area contributed by atoms with Crippen LogP contribution in [0.5, 0.6) is 0 Å². The van der Waals surface area contributed by atoms with Crippen molar-refractivity contribution in [3.63, 3.8) is 0 Å². The number of nitrogens with zero attached hydrogens (tertiary/aromatic N) is 2. The number of aliphatic carboxylic acids is 1. The second-order valence-corrected chi connectivity index (χ2v) is 5.96. The minimum atomic E-state index is -0.803. The van der Waals surface area contributed by atoms with Crippen molar-refractivity contribution in [1.29, 1.82) is 0 Å². The lowest BCUT2D eigenvalue weighted by Crippen LogP contribution is -2.50. The van der Waals surface area contributed by atoms with Crippen LogP contribution in [-0.4, -0.2) is 41.1 Å². The summed E-state index contributed by atoms with van der Waals surface area (Å²) in [7, 11) is 0. The molecule has 1 N–H and O–H groups in total. The highest BCUT2D eigenvalue weighted by molar-refractivity contribution is 5.95. The zero-order chi connectivity index (χ0) is 15.0.